The summed E-state index contributed by atoms with van der Waals surface area (Å²) in [4.78, 5) is 26.5. The molecule has 0 aromatic heterocycles. The molecule has 0 radical (unpaired) electrons. The topological polar surface area (TPSA) is 86.3 Å². The Morgan fingerprint density at radius 3 is 2.48 bits per heavy atom. The lowest BCUT2D eigenvalue weighted by Gasteiger charge is -2.33. The summed E-state index contributed by atoms with van der Waals surface area (Å²) < 4.78 is 23.3. The van der Waals surface area contributed by atoms with E-state index >= 15 is 0 Å². The smallest absolute Gasteiger partial charge is 0.484 e. The number of benzene rings is 1. The first-order valence-corrected chi connectivity index (χ1v) is 11.6. The molecule has 1 aromatic carbocycles. The van der Waals surface area contributed by atoms with Crippen LogP contribution in [0, 0.1) is 0 Å². The maximum Gasteiger partial charge on any atom is 0.494 e. The van der Waals surface area contributed by atoms with Gasteiger partial charge < -0.3 is 29.0 Å². The van der Waals surface area contributed by atoms with E-state index in [1.54, 1.807) is 4.90 Å². The van der Waals surface area contributed by atoms with Gasteiger partial charge in [0.25, 0.3) is 5.91 Å². The van der Waals surface area contributed by atoms with Gasteiger partial charge in [-0.1, -0.05) is 12.1 Å². The van der Waals surface area contributed by atoms with E-state index in [1.807, 2.05) is 72.7 Å². The van der Waals surface area contributed by atoms with Crippen LogP contribution in [0.1, 0.15) is 61.3 Å². The Morgan fingerprint density at radius 2 is 1.85 bits per heavy atom. The van der Waals surface area contributed by atoms with E-state index in [4.69, 9.17) is 18.8 Å². The number of piperidine rings is 1. The summed E-state index contributed by atoms with van der Waals surface area (Å²) in [5.41, 5.74) is -0.569. The fraction of sp³-hybridized carbons (Fsp3) is 0.667. The zero-order valence-electron chi connectivity index (χ0n) is 20.9. The molecule has 8 nitrogen and oxygen atoms in total. The van der Waals surface area contributed by atoms with Crippen molar-refractivity contribution in [3.8, 4) is 5.75 Å². The molecule has 1 atom stereocenters. The van der Waals surface area contributed by atoms with Crippen LogP contribution in [0.3, 0.4) is 0 Å². The van der Waals surface area contributed by atoms with Gasteiger partial charge in [-0.2, -0.15) is 0 Å². The van der Waals surface area contributed by atoms with Crippen molar-refractivity contribution in [1.82, 2.24) is 10.2 Å². The van der Waals surface area contributed by atoms with Crippen LogP contribution in [0.25, 0.3) is 0 Å². The Morgan fingerprint density at radius 1 is 1.18 bits per heavy atom. The van der Waals surface area contributed by atoms with Crippen molar-refractivity contribution in [2.75, 3.05) is 19.7 Å². The number of amides is 2. The maximum atomic E-state index is 12.8. The summed E-state index contributed by atoms with van der Waals surface area (Å²) in [5, 5.41) is 2.86. The molecule has 3 rings (SSSR count). The first-order chi connectivity index (χ1) is 15.3. The number of rotatable bonds is 5. The summed E-state index contributed by atoms with van der Waals surface area (Å²) in [5.74, 6) is 0.461. The number of nitrogens with one attached hydrogen (secondary N) is 1. The Bertz CT molecular complexity index is 851. The van der Waals surface area contributed by atoms with Crippen molar-refractivity contribution in [2.24, 2.45) is 0 Å². The number of carbonyl (C=O) groups excluding carboxylic acids is 2. The Hall–Kier alpha value is -2.26. The van der Waals surface area contributed by atoms with Gasteiger partial charge in [0, 0.05) is 19.1 Å². The molecule has 0 aliphatic carbocycles. The molecule has 0 spiro atoms. The van der Waals surface area contributed by atoms with E-state index in [0.29, 0.717) is 18.8 Å². The monoisotopic (exact) mass is 460 g/mol. The average molecular weight is 460 g/mol. The number of likely N-dealkylation sites (tertiary alicyclic amines) is 1. The third-order valence-corrected chi connectivity index (χ3v) is 6.24. The molecule has 9 heteroatoms. The van der Waals surface area contributed by atoms with Crippen molar-refractivity contribution in [1.29, 1.82) is 0 Å². The van der Waals surface area contributed by atoms with E-state index in [9.17, 15) is 9.59 Å². The van der Waals surface area contributed by atoms with Gasteiger partial charge in [-0.3, -0.25) is 4.79 Å². The first kappa shape index (κ1) is 25.4. The molecule has 2 aliphatic rings. The number of ether oxygens (including phenoxy) is 2. The normalized spacial score (nSPS) is 22.1. The third kappa shape index (κ3) is 6.63. The minimum absolute atomic E-state index is 0.0774. The van der Waals surface area contributed by atoms with Gasteiger partial charge in [0.05, 0.1) is 11.2 Å². The molecule has 2 aliphatic heterocycles. The van der Waals surface area contributed by atoms with Crippen LogP contribution in [0.5, 0.6) is 5.75 Å². The standard InChI is InChI=1S/C24H37BN2O6/c1-22(2,3)31-21(29)26-18-11-9-13-27(15-18)20(28)16-30-19-12-8-10-17(14-19)25-32-23(4,5)24(6,7)33-25/h8,10,12,14,18H,9,11,13,15-16H2,1-7H3,(H,26,29)/t18-/m1/s1. The highest BCUT2D eigenvalue weighted by Crippen LogP contribution is 2.36. The van der Waals surface area contributed by atoms with Crippen LogP contribution in [0.2, 0.25) is 0 Å². The number of nitrogens with zero attached hydrogens (tertiary/aromatic N) is 1. The molecule has 2 saturated heterocycles. The maximum absolute atomic E-state index is 12.8. The molecule has 2 amide bonds. The molecule has 0 saturated carbocycles. The van der Waals surface area contributed by atoms with E-state index in [0.717, 1.165) is 18.3 Å². The van der Waals surface area contributed by atoms with Crippen LogP contribution in [0.4, 0.5) is 4.79 Å². The van der Waals surface area contributed by atoms with E-state index in [1.165, 1.54) is 0 Å². The van der Waals surface area contributed by atoms with Gasteiger partial charge >= 0.3 is 13.2 Å². The fourth-order valence-electron chi connectivity index (χ4n) is 3.76. The van der Waals surface area contributed by atoms with Gasteiger partial charge in [-0.15, -0.1) is 0 Å². The van der Waals surface area contributed by atoms with Crippen LogP contribution in [0.15, 0.2) is 24.3 Å². The van der Waals surface area contributed by atoms with Crippen molar-refractivity contribution < 1.29 is 28.4 Å². The average Bonchev–Trinajstić information content (AvgIpc) is 2.92. The minimum atomic E-state index is -0.559. The lowest BCUT2D eigenvalue weighted by atomic mass is 9.79. The van der Waals surface area contributed by atoms with Crippen LogP contribution in [-0.2, 0) is 18.8 Å². The molecular formula is C24H37BN2O6. The molecule has 182 valence electrons. The predicted octanol–water partition coefficient (Wildman–Crippen LogP) is 2.88. The lowest BCUT2D eigenvalue weighted by molar-refractivity contribution is -0.134. The molecular weight excluding hydrogens is 423 g/mol. The summed E-state index contributed by atoms with van der Waals surface area (Å²) in [6, 6.07) is 7.31. The van der Waals surface area contributed by atoms with Gasteiger partial charge in [0.2, 0.25) is 0 Å². The Labute approximate surface area is 197 Å². The second kappa shape index (κ2) is 9.54. The van der Waals surface area contributed by atoms with Gasteiger partial charge in [0.15, 0.2) is 6.61 Å². The molecule has 2 heterocycles. The van der Waals surface area contributed by atoms with Crippen molar-refractivity contribution in [3.05, 3.63) is 24.3 Å². The molecule has 1 N–H and O–H groups in total. The lowest BCUT2D eigenvalue weighted by Crippen LogP contribution is -2.51. The van der Waals surface area contributed by atoms with E-state index in [2.05, 4.69) is 5.32 Å². The van der Waals surface area contributed by atoms with E-state index < -0.39 is 30.0 Å². The second-order valence-corrected chi connectivity index (χ2v) is 10.8. The summed E-state index contributed by atoms with van der Waals surface area (Å²) in [6.45, 7) is 14.5. The number of alkyl carbamates (subject to hydrolysis) is 1. The van der Waals surface area contributed by atoms with Crippen molar-refractivity contribution >= 4 is 24.6 Å². The van der Waals surface area contributed by atoms with E-state index in [-0.39, 0.29) is 18.6 Å². The predicted molar refractivity (Wildman–Crippen MR) is 127 cm³/mol. The largest absolute Gasteiger partial charge is 0.494 e. The highest BCUT2D eigenvalue weighted by atomic mass is 16.7. The van der Waals surface area contributed by atoms with Gasteiger partial charge in [-0.05, 0) is 78.9 Å². The molecule has 0 bridgehead atoms. The Kier molecular flexibility index (Phi) is 7.34. The molecule has 1 aromatic rings. The summed E-state index contributed by atoms with van der Waals surface area (Å²) in [6.07, 6.45) is 1.15. The quantitative estimate of drug-likeness (QED) is 0.681. The third-order valence-electron chi connectivity index (χ3n) is 6.24. The zero-order chi connectivity index (χ0) is 24.4. The first-order valence-electron chi connectivity index (χ1n) is 11.6. The van der Waals surface area contributed by atoms with Crippen molar-refractivity contribution in [2.45, 2.75) is 84.2 Å². The van der Waals surface area contributed by atoms with Crippen LogP contribution < -0.4 is 15.5 Å². The van der Waals surface area contributed by atoms with Crippen molar-refractivity contribution in [3.63, 3.8) is 0 Å². The summed E-state index contributed by atoms with van der Waals surface area (Å²) >= 11 is 0. The molecule has 0 unspecified atom stereocenters. The Balaban J connectivity index is 1.52. The van der Waals surface area contributed by atoms with Gasteiger partial charge in [0.1, 0.15) is 11.4 Å². The van der Waals surface area contributed by atoms with Crippen LogP contribution in [-0.4, -0.2) is 66.6 Å². The number of carbonyl (C=O) groups is 2. The number of hydrogen-bond donors (Lipinski definition) is 1. The highest BCUT2D eigenvalue weighted by molar-refractivity contribution is 6.62. The zero-order valence-corrected chi connectivity index (χ0v) is 20.9. The highest BCUT2D eigenvalue weighted by Gasteiger charge is 2.51. The fourth-order valence-corrected chi connectivity index (χ4v) is 3.76. The van der Waals surface area contributed by atoms with Gasteiger partial charge in [-0.25, -0.2) is 4.79 Å². The second-order valence-electron chi connectivity index (χ2n) is 10.8. The number of hydrogen-bond acceptors (Lipinski definition) is 6. The SMILES string of the molecule is CC(C)(C)OC(=O)N[C@@H]1CCCN(C(=O)COc2cccc(B3OC(C)(C)C(C)(C)O3)c2)C1. The summed E-state index contributed by atoms with van der Waals surface area (Å²) in [7, 11) is -0.490. The van der Waals surface area contributed by atoms with Crippen LogP contribution >= 0.6 is 0 Å². The molecule has 33 heavy (non-hydrogen) atoms. The minimum Gasteiger partial charge on any atom is -0.484 e. The molecule has 2 fully saturated rings.